The predicted molar refractivity (Wildman–Crippen MR) is 91.3 cm³/mol. The fraction of sp³-hybridized carbons (Fsp3) is 0.0625. The summed E-state index contributed by atoms with van der Waals surface area (Å²) >= 11 is 6.96. The van der Waals surface area contributed by atoms with Gasteiger partial charge in [0.15, 0.2) is 0 Å². The lowest BCUT2D eigenvalue weighted by atomic mass is 10.1. The minimum atomic E-state index is -0.210. The number of amides is 1. The van der Waals surface area contributed by atoms with Crippen LogP contribution in [0, 0.1) is 6.92 Å². The largest absolute Gasteiger partial charge is 0.320 e. The number of benzene rings is 2. The molecule has 0 saturated heterocycles. The van der Waals surface area contributed by atoms with Gasteiger partial charge in [-0.1, -0.05) is 29.8 Å². The Bertz CT molecular complexity index is 855. The summed E-state index contributed by atoms with van der Waals surface area (Å²) in [5.74, 6) is -0.210. The third-order valence-corrected chi connectivity index (χ3v) is 3.98. The van der Waals surface area contributed by atoms with Gasteiger partial charge in [-0.25, -0.2) is 0 Å². The first kappa shape index (κ1) is 14.7. The zero-order chi connectivity index (χ0) is 15.5. The molecule has 0 radical (unpaired) electrons. The van der Waals surface area contributed by atoms with Crippen LogP contribution in [0.2, 0.25) is 5.02 Å². The number of anilines is 1. The van der Waals surface area contributed by atoms with Gasteiger partial charge in [-0.3, -0.25) is 4.79 Å². The first-order chi connectivity index (χ1) is 10.6. The molecule has 0 atom stereocenters. The van der Waals surface area contributed by atoms with Crippen molar-refractivity contribution in [2.75, 3.05) is 5.32 Å². The zero-order valence-corrected chi connectivity index (χ0v) is 13.3. The zero-order valence-electron chi connectivity index (χ0n) is 11.7. The van der Waals surface area contributed by atoms with E-state index in [-0.39, 0.29) is 5.91 Å². The molecule has 0 spiro atoms. The van der Waals surface area contributed by atoms with Gasteiger partial charge in [-0.05, 0) is 42.3 Å². The molecule has 3 rings (SSSR count). The molecule has 22 heavy (non-hydrogen) atoms. The predicted octanol–water partition coefficient (Wildman–Crippen LogP) is 4.31. The van der Waals surface area contributed by atoms with Crippen LogP contribution in [-0.2, 0) is 4.79 Å². The number of aromatic nitrogens is 2. The van der Waals surface area contributed by atoms with Gasteiger partial charge in [0.25, 0.3) is 0 Å². The van der Waals surface area contributed by atoms with Crippen LogP contribution in [0.25, 0.3) is 17.1 Å². The summed E-state index contributed by atoms with van der Waals surface area (Å²) in [6, 6.07) is 11.1. The van der Waals surface area contributed by atoms with Gasteiger partial charge in [0.05, 0.1) is 17.4 Å². The number of carbonyl (C=O) groups excluding carboxylic acids is 1. The minimum absolute atomic E-state index is 0.210. The highest BCUT2D eigenvalue weighted by atomic mass is 35.5. The molecule has 0 saturated carbocycles. The molecule has 0 bridgehead atoms. The van der Waals surface area contributed by atoms with Crippen molar-refractivity contribution >= 4 is 52.0 Å². The van der Waals surface area contributed by atoms with Gasteiger partial charge in [0.1, 0.15) is 11.0 Å². The average molecular weight is 330 g/mol. The van der Waals surface area contributed by atoms with Gasteiger partial charge in [0.2, 0.25) is 5.91 Å². The normalized spacial score (nSPS) is 11.2. The van der Waals surface area contributed by atoms with E-state index in [9.17, 15) is 4.79 Å². The first-order valence-corrected chi connectivity index (χ1v) is 7.71. The summed E-state index contributed by atoms with van der Waals surface area (Å²) in [5.41, 5.74) is 4.07. The molecule has 0 aliphatic rings. The highest BCUT2D eigenvalue weighted by Crippen LogP contribution is 2.25. The molecule has 3 aromatic rings. The number of hydrogen-bond donors (Lipinski definition) is 1. The van der Waals surface area contributed by atoms with Gasteiger partial charge < -0.3 is 5.32 Å². The van der Waals surface area contributed by atoms with E-state index in [4.69, 9.17) is 11.6 Å². The molecule has 4 nitrogen and oxygen atoms in total. The van der Waals surface area contributed by atoms with Crippen molar-refractivity contribution in [1.82, 2.24) is 8.75 Å². The van der Waals surface area contributed by atoms with Crippen LogP contribution in [0.1, 0.15) is 11.1 Å². The first-order valence-electron chi connectivity index (χ1n) is 6.60. The molecule has 1 aromatic heterocycles. The molecular formula is C16H12ClN3OS. The van der Waals surface area contributed by atoms with Gasteiger partial charge in [-0.15, -0.1) is 0 Å². The lowest BCUT2D eigenvalue weighted by molar-refractivity contribution is -0.111. The monoisotopic (exact) mass is 329 g/mol. The number of aryl methyl sites for hydroxylation is 1. The molecule has 1 N–H and O–H groups in total. The molecule has 0 fully saturated rings. The smallest absolute Gasteiger partial charge is 0.248 e. The number of hydrogen-bond acceptors (Lipinski definition) is 4. The van der Waals surface area contributed by atoms with E-state index in [1.165, 1.54) is 6.08 Å². The van der Waals surface area contributed by atoms with Crippen molar-refractivity contribution in [3.8, 4) is 0 Å². The van der Waals surface area contributed by atoms with Crippen LogP contribution < -0.4 is 5.32 Å². The van der Waals surface area contributed by atoms with E-state index in [0.29, 0.717) is 10.7 Å². The Morgan fingerprint density at radius 3 is 2.73 bits per heavy atom. The molecule has 6 heteroatoms. The molecule has 2 aromatic carbocycles. The minimum Gasteiger partial charge on any atom is -0.320 e. The Hall–Kier alpha value is -2.24. The number of rotatable bonds is 3. The van der Waals surface area contributed by atoms with Crippen LogP contribution in [0.15, 0.2) is 42.5 Å². The lowest BCUT2D eigenvalue weighted by Crippen LogP contribution is -2.09. The average Bonchev–Trinajstić information content (AvgIpc) is 2.98. The summed E-state index contributed by atoms with van der Waals surface area (Å²) in [7, 11) is 0. The molecule has 1 amide bonds. The van der Waals surface area contributed by atoms with Crippen LogP contribution in [0.4, 0.5) is 5.69 Å². The van der Waals surface area contributed by atoms with Crippen molar-refractivity contribution in [3.63, 3.8) is 0 Å². The fourth-order valence-electron chi connectivity index (χ4n) is 2.02. The Balaban J connectivity index is 1.80. The van der Waals surface area contributed by atoms with Crippen LogP contribution in [0.5, 0.6) is 0 Å². The third-order valence-electron chi connectivity index (χ3n) is 3.18. The maximum atomic E-state index is 12.1. The topological polar surface area (TPSA) is 54.9 Å². The standard InChI is InChI=1S/C16H12ClN3OS/c1-10-2-8-13-16(20-22-19-13)15(10)18-14(21)9-5-11-3-6-12(17)7-4-11/h2-9H,1H3,(H,18,21). The van der Waals surface area contributed by atoms with Crippen LogP contribution in [-0.4, -0.2) is 14.7 Å². The maximum Gasteiger partial charge on any atom is 0.248 e. The van der Waals surface area contributed by atoms with Gasteiger partial charge >= 0.3 is 0 Å². The van der Waals surface area contributed by atoms with Gasteiger partial charge in [-0.2, -0.15) is 8.75 Å². The number of carbonyl (C=O) groups is 1. The Morgan fingerprint density at radius 2 is 1.95 bits per heavy atom. The molecule has 0 aliphatic heterocycles. The third kappa shape index (κ3) is 3.16. The van der Waals surface area contributed by atoms with Crippen LogP contribution >= 0.6 is 23.3 Å². The van der Waals surface area contributed by atoms with E-state index in [1.54, 1.807) is 18.2 Å². The highest BCUT2D eigenvalue weighted by Gasteiger charge is 2.10. The second-order valence-electron chi connectivity index (χ2n) is 4.76. The number of fused-ring (bicyclic) bond motifs is 1. The van der Waals surface area contributed by atoms with E-state index >= 15 is 0 Å². The van der Waals surface area contributed by atoms with Crippen molar-refractivity contribution in [2.24, 2.45) is 0 Å². The summed E-state index contributed by atoms with van der Waals surface area (Å²) < 4.78 is 8.42. The molecular weight excluding hydrogens is 318 g/mol. The molecule has 0 unspecified atom stereocenters. The Labute approximate surface area is 136 Å². The van der Waals surface area contributed by atoms with E-state index < -0.39 is 0 Å². The van der Waals surface area contributed by atoms with Crippen LogP contribution in [0.3, 0.4) is 0 Å². The SMILES string of the molecule is Cc1ccc2nsnc2c1NC(=O)C=Cc1ccc(Cl)cc1. The molecule has 1 heterocycles. The van der Waals surface area contributed by atoms with E-state index in [1.807, 2.05) is 31.2 Å². The number of nitrogens with zero attached hydrogens (tertiary/aromatic N) is 2. The second kappa shape index (κ2) is 6.25. The van der Waals surface area contributed by atoms with Crippen molar-refractivity contribution in [1.29, 1.82) is 0 Å². The summed E-state index contributed by atoms with van der Waals surface area (Å²) in [6.45, 7) is 1.93. The van der Waals surface area contributed by atoms with Crippen molar-refractivity contribution in [3.05, 3.63) is 58.6 Å². The molecule has 110 valence electrons. The number of nitrogens with one attached hydrogen (secondary N) is 1. The Kier molecular flexibility index (Phi) is 4.18. The van der Waals surface area contributed by atoms with Crippen molar-refractivity contribution < 1.29 is 4.79 Å². The van der Waals surface area contributed by atoms with E-state index in [0.717, 1.165) is 33.9 Å². The summed E-state index contributed by atoms with van der Waals surface area (Å²) in [6.07, 6.45) is 3.22. The lowest BCUT2D eigenvalue weighted by Gasteiger charge is -2.06. The summed E-state index contributed by atoms with van der Waals surface area (Å²) in [5, 5.41) is 3.54. The fourth-order valence-corrected chi connectivity index (χ4v) is 2.69. The maximum absolute atomic E-state index is 12.1. The molecule has 0 aliphatic carbocycles. The van der Waals surface area contributed by atoms with Crippen molar-refractivity contribution in [2.45, 2.75) is 6.92 Å². The highest BCUT2D eigenvalue weighted by molar-refractivity contribution is 7.00. The van der Waals surface area contributed by atoms with Gasteiger partial charge in [0, 0.05) is 11.1 Å². The summed E-state index contributed by atoms with van der Waals surface area (Å²) in [4.78, 5) is 12.1. The Morgan fingerprint density at radius 1 is 1.18 bits per heavy atom. The quantitative estimate of drug-likeness (QED) is 0.729. The second-order valence-corrected chi connectivity index (χ2v) is 5.73. The van der Waals surface area contributed by atoms with E-state index in [2.05, 4.69) is 14.1 Å². The number of halogens is 1.